The third-order valence-electron chi connectivity index (χ3n) is 2.76. The third kappa shape index (κ3) is 2.61. The third-order valence-corrected chi connectivity index (χ3v) is 5.99. The molecule has 1 saturated heterocycles. The maximum absolute atomic E-state index is 11.4. The fourth-order valence-electron chi connectivity index (χ4n) is 1.76. The van der Waals surface area contributed by atoms with Crippen molar-refractivity contribution in [1.82, 2.24) is 4.98 Å². The van der Waals surface area contributed by atoms with E-state index in [1.54, 1.807) is 11.9 Å². The van der Waals surface area contributed by atoms with Gasteiger partial charge in [0.15, 0.2) is 26.4 Å². The minimum atomic E-state index is -2.92. The number of aromatic nitrogens is 1. The van der Waals surface area contributed by atoms with Gasteiger partial charge >= 0.3 is 0 Å². The largest absolute Gasteiger partial charge is 0.347 e. The van der Waals surface area contributed by atoms with E-state index < -0.39 is 9.84 Å². The SMILES string of the molecule is CN(c1nc(Cl)c(C=O)s1)C1CCS(=O)(=O)C1. The summed E-state index contributed by atoms with van der Waals surface area (Å²) in [6.45, 7) is 0. The van der Waals surface area contributed by atoms with Gasteiger partial charge in [-0.25, -0.2) is 13.4 Å². The Hall–Kier alpha value is -0.660. The van der Waals surface area contributed by atoms with Gasteiger partial charge in [-0.2, -0.15) is 0 Å². The minimum Gasteiger partial charge on any atom is -0.347 e. The molecule has 1 aliphatic rings. The number of hydrogen-bond donors (Lipinski definition) is 0. The maximum atomic E-state index is 11.4. The second kappa shape index (κ2) is 4.55. The second-order valence-corrected chi connectivity index (χ2v) is 7.53. The van der Waals surface area contributed by atoms with Gasteiger partial charge in [-0.1, -0.05) is 22.9 Å². The Morgan fingerprint density at radius 2 is 2.29 bits per heavy atom. The van der Waals surface area contributed by atoms with Crippen LogP contribution in [0.4, 0.5) is 5.13 Å². The molecule has 1 unspecified atom stereocenters. The van der Waals surface area contributed by atoms with Gasteiger partial charge in [0, 0.05) is 13.1 Å². The molecule has 1 aliphatic heterocycles. The summed E-state index contributed by atoms with van der Waals surface area (Å²) >= 11 is 6.95. The van der Waals surface area contributed by atoms with Crippen molar-refractivity contribution in [2.45, 2.75) is 12.5 Å². The van der Waals surface area contributed by atoms with E-state index >= 15 is 0 Å². The Labute approximate surface area is 108 Å². The molecule has 5 nitrogen and oxygen atoms in total. The number of carbonyl (C=O) groups is 1. The number of carbonyl (C=O) groups excluding carboxylic acids is 1. The molecular weight excluding hydrogens is 284 g/mol. The van der Waals surface area contributed by atoms with Gasteiger partial charge < -0.3 is 4.90 Å². The van der Waals surface area contributed by atoms with Crippen molar-refractivity contribution in [3.05, 3.63) is 10.0 Å². The zero-order chi connectivity index (χ0) is 12.6. The van der Waals surface area contributed by atoms with Crippen molar-refractivity contribution in [1.29, 1.82) is 0 Å². The number of nitrogens with zero attached hydrogens (tertiary/aromatic N) is 2. The molecule has 1 aromatic rings. The Bertz CT molecular complexity index is 540. The zero-order valence-electron chi connectivity index (χ0n) is 9.09. The molecule has 8 heteroatoms. The van der Waals surface area contributed by atoms with Crippen molar-refractivity contribution in [3.8, 4) is 0 Å². The molecule has 0 radical (unpaired) electrons. The van der Waals surface area contributed by atoms with Gasteiger partial charge in [-0.05, 0) is 6.42 Å². The highest BCUT2D eigenvalue weighted by atomic mass is 35.5. The Balaban J connectivity index is 2.20. The molecule has 0 bridgehead atoms. The van der Waals surface area contributed by atoms with Crippen LogP contribution in [-0.2, 0) is 9.84 Å². The number of hydrogen-bond acceptors (Lipinski definition) is 6. The Morgan fingerprint density at radius 1 is 1.59 bits per heavy atom. The smallest absolute Gasteiger partial charge is 0.187 e. The summed E-state index contributed by atoms with van der Waals surface area (Å²) in [7, 11) is -1.15. The van der Waals surface area contributed by atoms with Crippen molar-refractivity contribution in [2.24, 2.45) is 0 Å². The first-order chi connectivity index (χ1) is 7.93. The summed E-state index contributed by atoms with van der Waals surface area (Å²) in [5, 5.41) is 0.756. The predicted molar refractivity (Wildman–Crippen MR) is 68.0 cm³/mol. The van der Waals surface area contributed by atoms with Gasteiger partial charge in [0.05, 0.1) is 11.5 Å². The summed E-state index contributed by atoms with van der Waals surface area (Å²) in [5.74, 6) is 0.346. The fourth-order valence-corrected chi connectivity index (χ4v) is 4.63. The highest BCUT2D eigenvalue weighted by Gasteiger charge is 2.32. The van der Waals surface area contributed by atoms with E-state index in [0.29, 0.717) is 22.7 Å². The molecule has 0 saturated carbocycles. The number of anilines is 1. The summed E-state index contributed by atoms with van der Waals surface area (Å²) in [4.78, 5) is 16.9. The van der Waals surface area contributed by atoms with Gasteiger partial charge in [0.2, 0.25) is 0 Å². The first-order valence-electron chi connectivity index (χ1n) is 4.98. The molecule has 2 heterocycles. The fraction of sp³-hybridized carbons (Fsp3) is 0.556. The average Bonchev–Trinajstić information content (AvgIpc) is 2.80. The van der Waals surface area contributed by atoms with Crippen LogP contribution in [0.3, 0.4) is 0 Å². The zero-order valence-corrected chi connectivity index (χ0v) is 11.5. The number of sulfone groups is 1. The van der Waals surface area contributed by atoms with E-state index in [1.165, 1.54) is 11.3 Å². The van der Waals surface area contributed by atoms with Crippen LogP contribution in [0, 0.1) is 0 Å². The lowest BCUT2D eigenvalue weighted by atomic mass is 10.2. The molecule has 94 valence electrons. The molecule has 0 aliphatic carbocycles. The molecule has 0 aromatic carbocycles. The lowest BCUT2D eigenvalue weighted by molar-refractivity contribution is 0.112. The normalized spacial score (nSPS) is 22.6. The van der Waals surface area contributed by atoms with E-state index in [0.717, 1.165) is 0 Å². The van der Waals surface area contributed by atoms with Gasteiger partial charge in [-0.3, -0.25) is 4.79 Å². The van der Waals surface area contributed by atoms with Gasteiger partial charge in [-0.15, -0.1) is 0 Å². The van der Waals surface area contributed by atoms with Gasteiger partial charge in [0.25, 0.3) is 0 Å². The summed E-state index contributed by atoms with van der Waals surface area (Å²) in [6.07, 6.45) is 1.25. The highest BCUT2D eigenvalue weighted by molar-refractivity contribution is 7.91. The number of halogens is 1. The van der Waals surface area contributed by atoms with Crippen LogP contribution in [0.5, 0.6) is 0 Å². The minimum absolute atomic E-state index is 0.0817. The molecule has 0 N–H and O–H groups in total. The first kappa shape index (κ1) is 12.8. The van der Waals surface area contributed by atoms with Crippen LogP contribution in [0.15, 0.2) is 0 Å². The Morgan fingerprint density at radius 3 is 2.76 bits per heavy atom. The lowest BCUT2D eigenvalue weighted by Crippen LogP contribution is -2.32. The first-order valence-corrected chi connectivity index (χ1v) is 7.99. The molecule has 17 heavy (non-hydrogen) atoms. The maximum Gasteiger partial charge on any atom is 0.187 e. The van der Waals surface area contributed by atoms with Crippen LogP contribution in [0.1, 0.15) is 16.1 Å². The molecule has 0 spiro atoms. The molecule has 1 atom stereocenters. The van der Waals surface area contributed by atoms with E-state index in [9.17, 15) is 13.2 Å². The van der Waals surface area contributed by atoms with Crippen LogP contribution in [0.2, 0.25) is 5.15 Å². The molecule has 0 amide bonds. The molecular formula is C9H11ClN2O3S2. The van der Waals surface area contributed by atoms with Crippen molar-refractivity contribution in [3.63, 3.8) is 0 Å². The Kier molecular flexibility index (Phi) is 3.42. The van der Waals surface area contributed by atoms with Gasteiger partial charge in [0.1, 0.15) is 4.88 Å². The van der Waals surface area contributed by atoms with E-state index in [-0.39, 0.29) is 22.7 Å². The summed E-state index contributed by atoms with van der Waals surface area (Å²) < 4.78 is 22.8. The predicted octanol–water partition coefficient (Wildman–Crippen LogP) is 1.23. The number of thiazole rings is 1. The number of aldehydes is 1. The lowest BCUT2D eigenvalue weighted by Gasteiger charge is -2.22. The van der Waals surface area contributed by atoms with E-state index in [2.05, 4.69) is 4.98 Å². The van der Waals surface area contributed by atoms with Crippen LogP contribution < -0.4 is 4.90 Å². The van der Waals surface area contributed by atoms with Crippen LogP contribution in [-0.4, -0.2) is 44.3 Å². The van der Waals surface area contributed by atoms with Crippen LogP contribution >= 0.6 is 22.9 Å². The van der Waals surface area contributed by atoms with E-state index in [1.807, 2.05) is 0 Å². The second-order valence-electron chi connectivity index (χ2n) is 3.94. The quantitative estimate of drug-likeness (QED) is 0.785. The molecule has 1 aromatic heterocycles. The number of rotatable bonds is 3. The van der Waals surface area contributed by atoms with Crippen molar-refractivity contribution in [2.75, 3.05) is 23.5 Å². The summed E-state index contributed by atoms with van der Waals surface area (Å²) in [5.41, 5.74) is 0. The highest BCUT2D eigenvalue weighted by Crippen LogP contribution is 2.30. The van der Waals surface area contributed by atoms with E-state index in [4.69, 9.17) is 11.6 Å². The van der Waals surface area contributed by atoms with Crippen molar-refractivity contribution >= 4 is 44.2 Å². The van der Waals surface area contributed by atoms with Crippen molar-refractivity contribution < 1.29 is 13.2 Å². The summed E-state index contributed by atoms with van der Waals surface area (Å²) in [6, 6.07) is -0.0817. The molecule has 1 fully saturated rings. The average molecular weight is 295 g/mol. The topological polar surface area (TPSA) is 67.3 Å². The standard InChI is InChI=1S/C9H11ClN2O3S2/c1-12(6-2-3-17(14,15)5-6)9-11-8(10)7(4-13)16-9/h4,6H,2-3,5H2,1H3. The monoisotopic (exact) mass is 294 g/mol. The van der Waals surface area contributed by atoms with Crippen LogP contribution in [0.25, 0.3) is 0 Å². The molecule has 2 rings (SSSR count).